The van der Waals surface area contributed by atoms with E-state index < -0.39 is 0 Å². The van der Waals surface area contributed by atoms with Gasteiger partial charge in [0.15, 0.2) is 0 Å². The first kappa shape index (κ1) is 6.80. The Labute approximate surface area is 72.6 Å². The summed E-state index contributed by atoms with van der Waals surface area (Å²) in [6.45, 7) is 2.04. The van der Waals surface area contributed by atoms with Gasteiger partial charge in [0.25, 0.3) is 0 Å². The van der Waals surface area contributed by atoms with Crippen LogP contribution in [0.1, 0.15) is 23.5 Å². The average molecular weight is 218 g/mol. The molecule has 1 aliphatic rings. The SMILES string of the molecule is Cc1csc(C2(Br)CC2)n1. The molecule has 1 aromatic rings. The van der Waals surface area contributed by atoms with E-state index in [0.29, 0.717) is 0 Å². The number of halogens is 1. The maximum absolute atomic E-state index is 4.42. The lowest BCUT2D eigenvalue weighted by Crippen LogP contribution is -1.92. The van der Waals surface area contributed by atoms with Crippen LogP contribution in [0.4, 0.5) is 0 Å². The molecule has 0 bridgehead atoms. The molecule has 0 aromatic carbocycles. The minimum absolute atomic E-state index is 0.284. The number of thiazole rings is 1. The molecule has 54 valence electrons. The van der Waals surface area contributed by atoms with Crippen LogP contribution < -0.4 is 0 Å². The minimum Gasteiger partial charge on any atom is -0.245 e. The van der Waals surface area contributed by atoms with Crippen molar-refractivity contribution in [2.45, 2.75) is 24.1 Å². The van der Waals surface area contributed by atoms with Crippen molar-refractivity contribution < 1.29 is 0 Å². The zero-order valence-electron chi connectivity index (χ0n) is 5.72. The molecule has 1 heterocycles. The summed E-state index contributed by atoms with van der Waals surface area (Å²) in [6.07, 6.45) is 2.50. The second kappa shape index (κ2) is 2.05. The topological polar surface area (TPSA) is 12.9 Å². The van der Waals surface area contributed by atoms with Crippen molar-refractivity contribution in [2.75, 3.05) is 0 Å². The predicted octanol–water partition coefficient (Wildman–Crippen LogP) is 2.84. The molecule has 2 rings (SSSR count). The molecule has 0 aliphatic heterocycles. The van der Waals surface area contributed by atoms with Crippen molar-refractivity contribution in [3.63, 3.8) is 0 Å². The van der Waals surface area contributed by atoms with Gasteiger partial charge in [0, 0.05) is 11.1 Å². The predicted molar refractivity (Wildman–Crippen MR) is 46.7 cm³/mol. The smallest absolute Gasteiger partial charge is 0.110 e. The van der Waals surface area contributed by atoms with Crippen LogP contribution in [0.15, 0.2) is 5.38 Å². The van der Waals surface area contributed by atoms with Gasteiger partial charge in [-0.05, 0) is 19.8 Å². The standard InChI is InChI=1S/C7H8BrNS/c1-5-4-10-6(9-5)7(8)2-3-7/h4H,2-3H2,1H3. The lowest BCUT2D eigenvalue weighted by atomic mass is 10.4. The number of aryl methyl sites for hydroxylation is 1. The Morgan fingerprint density at radius 1 is 1.70 bits per heavy atom. The van der Waals surface area contributed by atoms with E-state index in [1.165, 1.54) is 17.8 Å². The molecule has 0 unspecified atom stereocenters. The molecule has 0 atom stereocenters. The Hall–Kier alpha value is 0.110. The largest absolute Gasteiger partial charge is 0.245 e. The van der Waals surface area contributed by atoms with Gasteiger partial charge in [0.2, 0.25) is 0 Å². The Kier molecular flexibility index (Phi) is 1.39. The van der Waals surface area contributed by atoms with Gasteiger partial charge in [0.1, 0.15) is 5.01 Å². The molecule has 3 heteroatoms. The second-order valence-corrected chi connectivity index (χ2v) is 5.14. The van der Waals surface area contributed by atoms with Crippen LogP contribution >= 0.6 is 27.3 Å². The second-order valence-electron chi connectivity index (χ2n) is 2.76. The highest BCUT2D eigenvalue weighted by Crippen LogP contribution is 2.54. The molecule has 1 aromatic heterocycles. The van der Waals surface area contributed by atoms with Crippen molar-refractivity contribution in [1.82, 2.24) is 4.98 Å². The highest BCUT2D eigenvalue weighted by molar-refractivity contribution is 9.09. The molecule has 1 aliphatic carbocycles. The van der Waals surface area contributed by atoms with Gasteiger partial charge in [0.05, 0.1) is 4.32 Å². The summed E-state index contributed by atoms with van der Waals surface area (Å²) in [5.74, 6) is 0. The fraction of sp³-hybridized carbons (Fsp3) is 0.571. The molecular weight excluding hydrogens is 210 g/mol. The van der Waals surface area contributed by atoms with Crippen molar-refractivity contribution in [3.8, 4) is 0 Å². The van der Waals surface area contributed by atoms with Crippen LogP contribution in [-0.2, 0) is 4.32 Å². The highest BCUT2D eigenvalue weighted by Gasteiger charge is 2.44. The summed E-state index contributed by atoms with van der Waals surface area (Å²) in [6, 6.07) is 0. The van der Waals surface area contributed by atoms with E-state index in [4.69, 9.17) is 0 Å². The van der Waals surface area contributed by atoms with Gasteiger partial charge in [-0.1, -0.05) is 15.9 Å². The van der Waals surface area contributed by atoms with Gasteiger partial charge in [-0.15, -0.1) is 11.3 Å². The maximum atomic E-state index is 4.42. The fourth-order valence-electron chi connectivity index (χ4n) is 0.883. The van der Waals surface area contributed by atoms with Crippen LogP contribution in [0, 0.1) is 6.92 Å². The quantitative estimate of drug-likeness (QED) is 0.660. The average Bonchev–Trinajstić information content (AvgIpc) is 2.45. The molecule has 0 radical (unpaired) electrons. The molecule has 1 saturated carbocycles. The lowest BCUT2D eigenvalue weighted by molar-refractivity contribution is 1.01. The Morgan fingerprint density at radius 3 is 2.80 bits per heavy atom. The summed E-state index contributed by atoms with van der Waals surface area (Å²) < 4.78 is 0.284. The van der Waals surface area contributed by atoms with Crippen molar-refractivity contribution in [3.05, 3.63) is 16.1 Å². The van der Waals surface area contributed by atoms with Gasteiger partial charge < -0.3 is 0 Å². The molecule has 1 fully saturated rings. The minimum atomic E-state index is 0.284. The van der Waals surface area contributed by atoms with Crippen LogP contribution in [-0.4, -0.2) is 4.98 Å². The summed E-state index contributed by atoms with van der Waals surface area (Å²) in [4.78, 5) is 4.42. The lowest BCUT2D eigenvalue weighted by Gasteiger charge is -1.97. The fourth-order valence-corrected chi connectivity index (χ4v) is 2.40. The third-order valence-corrected chi connectivity index (χ3v) is 4.29. The molecule has 0 amide bonds. The van der Waals surface area contributed by atoms with Gasteiger partial charge in [-0.25, -0.2) is 4.98 Å². The monoisotopic (exact) mass is 217 g/mol. The Morgan fingerprint density at radius 2 is 2.40 bits per heavy atom. The van der Waals surface area contributed by atoms with Crippen LogP contribution in [0.3, 0.4) is 0 Å². The maximum Gasteiger partial charge on any atom is 0.110 e. The normalized spacial score (nSPS) is 21.0. The number of aromatic nitrogens is 1. The third-order valence-electron chi connectivity index (χ3n) is 1.69. The van der Waals surface area contributed by atoms with Crippen LogP contribution in [0.5, 0.6) is 0 Å². The van der Waals surface area contributed by atoms with E-state index in [1.807, 2.05) is 6.92 Å². The summed E-state index contributed by atoms with van der Waals surface area (Å²) in [5, 5.41) is 3.36. The van der Waals surface area contributed by atoms with Crippen molar-refractivity contribution >= 4 is 27.3 Å². The number of nitrogens with zero attached hydrogens (tertiary/aromatic N) is 1. The van der Waals surface area contributed by atoms with Gasteiger partial charge in [-0.3, -0.25) is 0 Å². The molecule has 0 spiro atoms. The van der Waals surface area contributed by atoms with E-state index in [-0.39, 0.29) is 4.32 Å². The van der Waals surface area contributed by atoms with Crippen LogP contribution in [0.2, 0.25) is 0 Å². The number of hydrogen-bond donors (Lipinski definition) is 0. The zero-order valence-corrected chi connectivity index (χ0v) is 8.13. The van der Waals surface area contributed by atoms with E-state index in [9.17, 15) is 0 Å². The van der Waals surface area contributed by atoms with Crippen LogP contribution in [0.25, 0.3) is 0 Å². The molecule has 0 N–H and O–H groups in total. The van der Waals surface area contributed by atoms with E-state index in [1.54, 1.807) is 11.3 Å². The van der Waals surface area contributed by atoms with E-state index in [2.05, 4.69) is 26.3 Å². The number of hydrogen-bond acceptors (Lipinski definition) is 2. The summed E-state index contributed by atoms with van der Waals surface area (Å²) in [7, 11) is 0. The first-order valence-corrected chi connectivity index (χ1v) is 4.99. The highest BCUT2D eigenvalue weighted by atomic mass is 79.9. The van der Waals surface area contributed by atoms with E-state index in [0.717, 1.165) is 5.69 Å². The van der Waals surface area contributed by atoms with E-state index >= 15 is 0 Å². The number of rotatable bonds is 1. The molecular formula is C7H8BrNS. The third kappa shape index (κ3) is 1.01. The summed E-state index contributed by atoms with van der Waals surface area (Å²) in [5.41, 5.74) is 1.14. The zero-order chi connectivity index (χ0) is 7.19. The number of alkyl halides is 1. The summed E-state index contributed by atoms with van der Waals surface area (Å²) >= 11 is 5.42. The first-order valence-electron chi connectivity index (χ1n) is 3.32. The molecule has 10 heavy (non-hydrogen) atoms. The molecule has 1 nitrogen and oxygen atoms in total. The Balaban J connectivity index is 2.34. The Bertz CT molecular complexity index is 252. The van der Waals surface area contributed by atoms with Gasteiger partial charge >= 0.3 is 0 Å². The first-order chi connectivity index (χ1) is 4.71. The molecule has 0 saturated heterocycles. The van der Waals surface area contributed by atoms with Crippen molar-refractivity contribution in [2.24, 2.45) is 0 Å². The van der Waals surface area contributed by atoms with Gasteiger partial charge in [-0.2, -0.15) is 0 Å². The van der Waals surface area contributed by atoms with Crippen molar-refractivity contribution in [1.29, 1.82) is 0 Å².